The molecule has 0 radical (unpaired) electrons. The first-order valence-electron chi connectivity index (χ1n) is 8.64. The third-order valence-electron chi connectivity index (χ3n) is 4.73. The van der Waals surface area contributed by atoms with Gasteiger partial charge in [-0.25, -0.2) is 18.2 Å². The molecule has 0 amide bonds. The number of aromatic nitrogens is 4. The molecule has 10 heteroatoms. The summed E-state index contributed by atoms with van der Waals surface area (Å²) in [5.74, 6) is -1.01. The number of hydrogen-bond acceptors (Lipinski definition) is 5. The van der Waals surface area contributed by atoms with Crippen LogP contribution in [-0.4, -0.2) is 44.8 Å². The van der Waals surface area contributed by atoms with E-state index >= 15 is 0 Å². The zero-order valence-electron chi connectivity index (χ0n) is 14.7. The van der Waals surface area contributed by atoms with E-state index < -0.39 is 23.8 Å². The normalized spacial score (nSPS) is 19.8. The highest BCUT2D eigenvalue weighted by atomic mass is 19.1. The fourth-order valence-corrected chi connectivity index (χ4v) is 3.32. The Labute approximate surface area is 158 Å². The van der Waals surface area contributed by atoms with Gasteiger partial charge in [-0.15, -0.1) is 4.98 Å². The molecule has 1 fully saturated rings. The Bertz CT molecular complexity index is 1060. The smallest absolute Gasteiger partial charge is 0.287 e. The molecule has 7 nitrogen and oxygen atoms in total. The van der Waals surface area contributed by atoms with Crippen LogP contribution in [0.25, 0.3) is 15.9 Å². The van der Waals surface area contributed by atoms with Crippen molar-refractivity contribution in [3.8, 4) is 0 Å². The first kappa shape index (κ1) is 18.2. The standard InChI is InChI=1S/C18H16F3N7/c1-23-16-7-24-11(6-25-16)8-28-15-5-10(19)4-13(21)17(15)26-18(28)27-3-2-12(20)14(22)9-27/h4-7,12,14H,2-3,8-9,22H2/t12-,14-/m1/s1. The zero-order chi connectivity index (χ0) is 19.8. The van der Waals surface area contributed by atoms with Crippen LogP contribution in [0.2, 0.25) is 0 Å². The van der Waals surface area contributed by atoms with Crippen molar-refractivity contribution < 1.29 is 13.2 Å². The van der Waals surface area contributed by atoms with E-state index in [1.807, 2.05) is 0 Å². The van der Waals surface area contributed by atoms with Crippen LogP contribution >= 0.6 is 0 Å². The van der Waals surface area contributed by atoms with E-state index in [2.05, 4.69) is 19.8 Å². The Morgan fingerprint density at radius 2 is 2.07 bits per heavy atom. The van der Waals surface area contributed by atoms with Crippen LogP contribution in [0.5, 0.6) is 0 Å². The van der Waals surface area contributed by atoms with Crippen molar-refractivity contribution >= 4 is 22.8 Å². The Balaban J connectivity index is 1.80. The van der Waals surface area contributed by atoms with Crippen LogP contribution in [0.1, 0.15) is 12.1 Å². The van der Waals surface area contributed by atoms with Gasteiger partial charge >= 0.3 is 0 Å². The second-order valence-electron chi connectivity index (χ2n) is 6.65. The lowest BCUT2D eigenvalue weighted by atomic mass is 10.1. The van der Waals surface area contributed by atoms with Crippen molar-refractivity contribution in [1.82, 2.24) is 19.5 Å². The van der Waals surface area contributed by atoms with Crippen molar-refractivity contribution in [1.29, 1.82) is 0 Å². The first-order chi connectivity index (χ1) is 13.5. The van der Waals surface area contributed by atoms with Crippen molar-refractivity contribution in [3.05, 3.63) is 53.3 Å². The van der Waals surface area contributed by atoms with Crippen LogP contribution in [0.4, 0.5) is 24.9 Å². The molecule has 1 aliphatic rings. The number of nitrogens with two attached hydrogens (primary N) is 1. The van der Waals surface area contributed by atoms with Crippen LogP contribution < -0.4 is 10.6 Å². The molecule has 2 atom stereocenters. The molecule has 0 spiro atoms. The minimum absolute atomic E-state index is 0.0121. The molecule has 2 aromatic heterocycles. The summed E-state index contributed by atoms with van der Waals surface area (Å²) < 4.78 is 43.5. The highest BCUT2D eigenvalue weighted by Gasteiger charge is 2.30. The van der Waals surface area contributed by atoms with Crippen molar-refractivity contribution in [2.75, 3.05) is 18.0 Å². The number of rotatable bonds is 3. The summed E-state index contributed by atoms with van der Waals surface area (Å²) in [6.07, 6.45) is 1.86. The topological polar surface area (TPSA) is 77.2 Å². The molecule has 0 aliphatic carbocycles. The Hall–Kier alpha value is -3.19. The number of hydrogen-bond donors (Lipinski definition) is 1. The summed E-state index contributed by atoms with van der Waals surface area (Å²) in [6, 6.07) is 1.27. The van der Waals surface area contributed by atoms with Crippen LogP contribution in [0.15, 0.2) is 24.5 Å². The molecular weight excluding hydrogens is 371 g/mol. The highest BCUT2D eigenvalue weighted by Crippen LogP contribution is 2.29. The van der Waals surface area contributed by atoms with Crippen LogP contribution in [0, 0.1) is 18.2 Å². The van der Waals surface area contributed by atoms with E-state index in [4.69, 9.17) is 12.3 Å². The van der Waals surface area contributed by atoms with E-state index in [1.54, 1.807) is 9.47 Å². The SMILES string of the molecule is [C-]#[N+]c1cnc(Cn2c(N3CC[C@@H](F)[C@H](N)C3)nc3c(F)cc(F)cc32)cn1. The average molecular weight is 387 g/mol. The lowest BCUT2D eigenvalue weighted by molar-refractivity contribution is 0.243. The van der Waals surface area contributed by atoms with Crippen LogP contribution in [-0.2, 0) is 6.54 Å². The van der Waals surface area contributed by atoms with Gasteiger partial charge in [0.1, 0.15) is 29.4 Å². The molecule has 28 heavy (non-hydrogen) atoms. The fraction of sp³-hybridized carbons (Fsp3) is 0.333. The van der Waals surface area contributed by atoms with Gasteiger partial charge in [0, 0.05) is 25.2 Å². The third kappa shape index (κ3) is 3.25. The van der Waals surface area contributed by atoms with E-state index in [0.717, 1.165) is 6.07 Å². The van der Waals surface area contributed by atoms with E-state index in [-0.39, 0.29) is 36.4 Å². The summed E-state index contributed by atoms with van der Waals surface area (Å²) >= 11 is 0. The lowest BCUT2D eigenvalue weighted by Gasteiger charge is -2.34. The van der Waals surface area contributed by atoms with Gasteiger partial charge in [-0.05, 0) is 6.42 Å². The summed E-state index contributed by atoms with van der Waals surface area (Å²) in [7, 11) is 0. The van der Waals surface area contributed by atoms with E-state index in [1.165, 1.54) is 18.5 Å². The highest BCUT2D eigenvalue weighted by molar-refractivity contribution is 5.80. The van der Waals surface area contributed by atoms with E-state index in [9.17, 15) is 13.2 Å². The number of alkyl halides is 1. The molecule has 1 aliphatic heterocycles. The summed E-state index contributed by atoms with van der Waals surface area (Å²) in [4.78, 5) is 17.4. The number of nitrogens with zero attached hydrogens (tertiary/aromatic N) is 6. The second-order valence-corrected chi connectivity index (χ2v) is 6.65. The second kappa shape index (κ2) is 7.09. The van der Waals surface area contributed by atoms with Gasteiger partial charge in [0.2, 0.25) is 5.95 Å². The number of imidazole rings is 1. The summed E-state index contributed by atoms with van der Waals surface area (Å²) in [5, 5.41) is 0. The molecule has 3 aromatic rings. The van der Waals surface area contributed by atoms with Gasteiger partial charge in [-0.3, -0.25) is 4.98 Å². The van der Waals surface area contributed by atoms with E-state index in [0.29, 0.717) is 18.2 Å². The van der Waals surface area contributed by atoms with Gasteiger partial charge < -0.3 is 20.0 Å². The predicted octanol–water partition coefficient (Wildman–Crippen LogP) is 2.58. The zero-order valence-corrected chi connectivity index (χ0v) is 14.7. The largest absolute Gasteiger partial charge is 0.359 e. The Morgan fingerprint density at radius 3 is 2.75 bits per heavy atom. The Kier molecular flexibility index (Phi) is 4.60. The third-order valence-corrected chi connectivity index (χ3v) is 4.73. The van der Waals surface area contributed by atoms with Crippen molar-refractivity contribution in [3.63, 3.8) is 0 Å². The molecule has 4 rings (SSSR count). The van der Waals surface area contributed by atoms with Crippen molar-refractivity contribution in [2.24, 2.45) is 5.73 Å². The first-order valence-corrected chi connectivity index (χ1v) is 8.64. The number of piperidine rings is 1. The fourth-order valence-electron chi connectivity index (χ4n) is 3.32. The quantitative estimate of drug-likeness (QED) is 0.699. The number of fused-ring (bicyclic) bond motifs is 1. The lowest BCUT2D eigenvalue weighted by Crippen LogP contribution is -2.50. The minimum Gasteiger partial charge on any atom is -0.359 e. The van der Waals surface area contributed by atoms with Gasteiger partial charge in [-0.1, -0.05) is 6.57 Å². The number of benzene rings is 1. The average Bonchev–Trinajstić information content (AvgIpc) is 3.03. The summed E-state index contributed by atoms with van der Waals surface area (Å²) in [5.41, 5.74) is 6.60. The molecule has 1 aromatic carbocycles. The van der Waals surface area contributed by atoms with Gasteiger partial charge in [0.05, 0.1) is 24.3 Å². The number of anilines is 1. The Morgan fingerprint density at radius 1 is 1.25 bits per heavy atom. The maximum atomic E-state index is 14.3. The van der Waals surface area contributed by atoms with Gasteiger partial charge in [-0.2, -0.15) is 0 Å². The molecule has 0 bridgehead atoms. The maximum Gasteiger partial charge on any atom is 0.287 e. The summed E-state index contributed by atoms with van der Waals surface area (Å²) in [6.45, 7) is 7.63. The molecule has 2 N–H and O–H groups in total. The minimum atomic E-state index is -1.12. The monoisotopic (exact) mass is 387 g/mol. The molecule has 3 heterocycles. The molecule has 0 unspecified atom stereocenters. The maximum absolute atomic E-state index is 14.3. The predicted molar refractivity (Wildman–Crippen MR) is 96.7 cm³/mol. The van der Waals surface area contributed by atoms with Gasteiger partial charge in [0.15, 0.2) is 5.82 Å². The van der Waals surface area contributed by atoms with Crippen molar-refractivity contribution in [2.45, 2.75) is 25.2 Å². The molecule has 0 saturated carbocycles. The molecular formula is C18H16F3N7. The molecule has 1 saturated heterocycles. The van der Waals surface area contributed by atoms with Gasteiger partial charge in [0.25, 0.3) is 5.82 Å². The number of halogens is 3. The molecule has 144 valence electrons. The van der Waals surface area contributed by atoms with Crippen LogP contribution in [0.3, 0.4) is 0 Å².